The maximum absolute atomic E-state index is 13.0. The maximum atomic E-state index is 13.0. The quantitative estimate of drug-likeness (QED) is 0.724. The zero-order chi connectivity index (χ0) is 20.1. The van der Waals surface area contributed by atoms with Crippen LogP contribution in [0.4, 0.5) is 11.6 Å². The summed E-state index contributed by atoms with van der Waals surface area (Å²) in [6, 6.07) is 14.0. The molecule has 1 aliphatic rings. The molecule has 0 bridgehead atoms. The van der Waals surface area contributed by atoms with Crippen molar-refractivity contribution in [2.24, 2.45) is 0 Å². The van der Waals surface area contributed by atoms with Gasteiger partial charge in [-0.1, -0.05) is 30.3 Å². The van der Waals surface area contributed by atoms with Crippen molar-refractivity contribution in [1.82, 2.24) is 19.9 Å². The van der Waals surface area contributed by atoms with Gasteiger partial charge in [-0.2, -0.15) is 0 Å². The van der Waals surface area contributed by atoms with Crippen molar-refractivity contribution >= 4 is 17.5 Å². The second kappa shape index (κ2) is 8.68. The first-order valence-electron chi connectivity index (χ1n) is 9.78. The summed E-state index contributed by atoms with van der Waals surface area (Å²) in [4.78, 5) is 29.8. The fourth-order valence-electron chi connectivity index (χ4n) is 3.46. The van der Waals surface area contributed by atoms with Gasteiger partial charge in [-0.25, -0.2) is 9.97 Å². The fraction of sp³-hybridized carbons (Fsp3) is 0.273. The fourth-order valence-corrected chi connectivity index (χ4v) is 3.46. The number of anilines is 2. The standard InChI is InChI=1S/C22H24N6O/c1-17(18-6-3-2-4-7-18)26-20-14-19(15-23-16-20)21(29)27-10-12-28(13-11-27)22-24-8-5-9-25-22/h2-9,14-17,26H,10-13H2,1H3. The smallest absolute Gasteiger partial charge is 0.255 e. The highest BCUT2D eigenvalue weighted by atomic mass is 16.2. The van der Waals surface area contributed by atoms with Gasteiger partial charge in [0.2, 0.25) is 5.95 Å². The summed E-state index contributed by atoms with van der Waals surface area (Å²) in [7, 11) is 0. The van der Waals surface area contributed by atoms with Crippen LogP contribution in [0.25, 0.3) is 0 Å². The Bertz CT molecular complexity index is 942. The Balaban J connectivity index is 1.39. The van der Waals surface area contributed by atoms with E-state index in [4.69, 9.17) is 0 Å². The number of piperazine rings is 1. The van der Waals surface area contributed by atoms with Gasteiger partial charge < -0.3 is 15.1 Å². The molecule has 3 aromatic rings. The summed E-state index contributed by atoms with van der Waals surface area (Å²) in [6.07, 6.45) is 6.86. The van der Waals surface area contributed by atoms with Crippen LogP contribution in [0.2, 0.25) is 0 Å². The molecule has 1 unspecified atom stereocenters. The highest BCUT2D eigenvalue weighted by Gasteiger charge is 2.23. The topological polar surface area (TPSA) is 74.2 Å². The van der Waals surface area contributed by atoms with E-state index in [1.165, 1.54) is 5.56 Å². The number of nitrogens with zero attached hydrogens (tertiary/aromatic N) is 5. The van der Waals surface area contributed by atoms with Crippen molar-refractivity contribution in [3.8, 4) is 0 Å². The molecule has 1 aliphatic heterocycles. The van der Waals surface area contributed by atoms with Gasteiger partial charge in [0.15, 0.2) is 0 Å². The molecule has 7 nitrogen and oxygen atoms in total. The number of hydrogen-bond donors (Lipinski definition) is 1. The van der Waals surface area contributed by atoms with Gasteiger partial charge in [0.25, 0.3) is 5.91 Å². The number of benzene rings is 1. The Morgan fingerprint density at radius 1 is 1.00 bits per heavy atom. The van der Waals surface area contributed by atoms with E-state index in [1.807, 2.05) is 29.2 Å². The number of rotatable bonds is 5. The molecule has 1 fully saturated rings. The lowest BCUT2D eigenvalue weighted by Crippen LogP contribution is -2.49. The molecular weight excluding hydrogens is 364 g/mol. The van der Waals surface area contributed by atoms with Gasteiger partial charge in [-0.15, -0.1) is 0 Å². The highest BCUT2D eigenvalue weighted by molar-refractivity contribution is 5.95. The van der Waals surface area contributed by atoms with E-state index < -0.39 is 0 Å². The molecule has 0 spiro atoms. The van der Waals surface area contributed by atoms with Crippen molar-refractivity contribution in [1.29, 1.82) is 0 Å². The predicted octanol–water partition coefficient (Wildman–Crippen LogP) is 3.01. The molecule has 1 amide bonds. The lowest BCUT2D eigenvalue weighted by molar-refractivity contribution is 0.0746. The molecule has 29 heavy (non-hydrogen) atoms. The lowest BCUT2D eigenvalue weighted by atomic mass is 10.1. The minimum atomic E-state index is 0.00199. The normalized spacial score (nSPS) is 15.1. The first-order valence-corrected chi connectivity index (χ1v) is 9.78. The van der Waals surface area contributed by atoms with Crippen LogP contribution in [0, 0.1) is 0 Å². The third-order valence-corrected chi connectivity index (χ3v) is 5.07. The van der Waals surface area contributed by atoms with Crippen LogP contribution in [0.3, 0.4) is 0 Å². The first-order chi connectivity index (χ1) is 14.2. The van der Waals surface area contributed by atoms with Gasteiger partial charge >= 0.3 is 0 Å². The van der Waals surface area contributed by atoms with Crippen molar-refractivity contribution in [3.05, 3.63) is 78.4 Å². The van der Waals surface area contributed by atoms with Crippen molar-refractivity contribution in [3.63, 3.8) is 0 Å². The molecule has 1 aromatic carbocycles. The monoisotopic (exact) mass is 388 g/mol. The molecule has 4 rings (SSSR count). The van der Waals surface area contributed by atoms with Crippen molar-refractivity contribution < 1.29 is 4.79 Å². The molecule has 1 N–H and O–H groups in total. The Morgan fingerprint density at radius 3 is 2.45 bits per heavy atom. The molecule has 0 radical (unpaired) electrons. The second-order valence-electron chi connectivity index (χ2n) is 7.07. The molecule has 0 aliphatic carbocycles. The van der Waals surface area contributed by atoms with Crippen LogP contribution in [-0.4, -0.2) is 51.9 Å². The minimum Gasteiger partial charge on any atom is -0.377 e. The van der Waals surface area contributed by atoms with Crippen LogP contribution in [0.1, 0.15) is 28.9 Å². The third-order valence-electron chi connectivity index (χ3n) is 5.07. The number of amides is 1. The van der Waals surface area contributed by atoms with Crippen molar-refractivity contribution in [2.45, 2.75) is 13.0 Å². The number of aromatic nitrogens is 3. The molecule has 1 atom stereocenters. The summed E-state index contributed by atoms with van der Waals surface area (Å²) in [6.45, 7) is 4.79. The number of hydrogen-bond acceptors (Lipinski definition) is 6. The Labute approximate surface area is 170 Å². The third kappa shape index (κ3) is 4.51. The summed E-state index contributed by atoms with van der Waals surface area (Å²) in [5, 5.41) is 3.43. The Hall–Kier alpha value is -3.48. The zero-order valence-electron chi connectivity index (χ0n) is 16.4. The number of carbonyl (C=O) groups is 1. The van der Waals surface area contributed by atoms with Crippen LogP contribution in [0.5, 0.6) is 0 Å². The average Bonchev–Trinajstić information content (AvgIpc) is 2.80. The van der Waals surface area contributed by atoms with E-state index in [2.05, 4.69) is 44.2 Å². The van der Waals surface area contributed by atoms with Crippen LogP contribution in [-0.2, 0) is 0 Å². The van der Waals surface area contributed by atoms with E-state index in [0.717, 1.165) is 5.69 Å². The van der Waals surface area contributed by atoms with E-state index in [1.54, 1.807) is 30.9 Å². The molecule has 2 aromatic heterocycles. The van der Waals surface area contributed by atoms with Crippen LogP contribution in [0.15, 0.2) is 67.3 Å². The zero-order valence-corrected chi connectivity index (χ0v) is 16.4. The van der Waals surface area contributed by atoms with Gasteiger partial charge in [0.05, 0.1) is 11.3 Å². The Kier molecular flexibility index (Phi) is 5.65. The van der Waals surface area contributed by atoms with Crippen molar-refractivity contribution in [2.75, 3.05) is 36.4 Å². The molecular formula is C22H24N6O. The van der Waals surface area contributed by atoms with Gasteiger partial charge in [0, 0.05) is 57.0 Å². The van der Waals surface area contributed by atoms with E-state index in [9.17, 15) is 4.79 Å². The largest absolute Gasteiger partial charge is 0.377 e. The predicted molar refractivity (Wildman–Crippen MR) is 113 cm³/mol. The summed E-state index contributed by atoms with van der Waals surface area (Å²) >= 11 is 0. The van der Waals surface area contributed by atoms with E-state index in [-0.39, 0.29) is 11.9 Å². The minimum absolute atomic E-state index is 0.00199. The molecule has 148 valence electrons. The Morgan fingerprint density at radius 2 is 1.72 bits per heavy atom. The second-order valence-corrected chi connectivity index (χ2v) is 7.07. The SMILES string of the molecule is CC(Nc1cncc(C(=O)N2CCN(c3ncccn3)CC2)c1)c1ccccc1. The van der Waals surface area contributed by atoms with Gasteiger partial charge in [-0.3, -0.25) is 9.78 Å². The summed E-state index contributed by atoms with van der Waals surface area (Å²) in [5.41, 5.74) is 2.62. The van der Waals surface area contributed by atoms with Gasteiger partial charge in [0.1, 0.15) is 0 Å². The number of carbonyl (C=O) groups excluding carboxylic acids is 1. The number of pyridine rings is 1. The van der Waals surface area contributed by atoms with Crippen LogP contribution < -0.4 is 10.2 Å². The molecule has 3 heterocycles. The maximum Gasteiger partial charge on any atom is 0.255 e. The number of nitrogens with one attached hydrogen (secondary N) is 1. The summed E-state index contributed by atoms with van der Waals surface area (Å²) in [5.74, 6) is 0.713. The van der Waals surface area contributed by atoms with Gasteiger partial charge in [-0.05, 0) is 24.6 Å². The molecule has 7 heteroatoms. The molecule has 0 saturated carbocycles. The molecule has 1 saturated heterocycles. The summed E-state index contributed by atoms with van der Waals surface area (Å²) < 4.78 is 0. The van der Waals surface area contributed by atoms with E-state index in [0.29, 0.717) is 37.7 Å². The first kappa shape index (κ1) is 18.9. The van der Waals surface area contributed by atoms with E-state index >= 15 is 0 Å². The van der Waals surface area contributed by atoms with Crippen LogP contribution >= 0.6 is 0 Å². The highest BCUT2D eigenvalue weighted by Crippen LogP contribution is 2.20. The lowest BCUT2D eigenvalue weighted by Gasteiger charge is -2.34. The average molecular weight is 388 g/mol.